The van der Waals surface area contributed by atoms with Crippen molar-refractivity contribution in [3.63, 3.8) is 0 Å². The average Bonchev–Trinajstić information content (AvgIpc) is 3.16. The van der Waals surface area contributed by atoms with Crippen molar-refractivity contribution < 1.29 is 4.79 Å². The summed E-state index contributed by atoms with van der Waals surface area (Å²) in [7, 11) is 0. The number of hydrogen-bond acceptors (Lipinski definition) is 5. The van der Waals surface area contributed by atoms with Gasteiger partial charge in [-0.25, -0.2) is 0 Å². The normalized spacial score (nSPS) is 21.4. The Morgan fingerprint density at radius 1 is 1.26 bits per heavy atom. The standard InChI is InChI=1S/C16H20N6O/c23-16(12-4-1-5-12)21-9-3-7-14(21)11-22-19-15(18-20-22)13-6-2-8-17-10-13/h2,6,8,10,12,14H,1,3-5,7,9,11H2/t14-/m1/s1. The number of tetrazole rings is 1. The van der Waals surface area contributed by atoms with Crippen LogP contribution in [0.3, 0.4) is 0 Å². The molecule has 1 saturated heterocycles. The molecule has 2 aromatic heterocycles. The van der Waals surface area contributed by atoms with Crippen molar-refractivity contribution in [2.75, 3.05) is 6.54 Å². The molecule has 4 rings (SSSR count). The van der Waals surface area contributed by atoms with Crippen LogP contribution in [0.1, 0.15) is 32.1 Å². The Morgan fingerprint density at radius 2 is 2.17 bits per heavy atom. The third-order valence-electron chi connectivity index (χ3n) is 4.86. The molecule has 0 unspecified atom stereocenters. The van der Waals surface area contributed by atoms with Crippen molar-refractivity contribution in [3.8, 4) is 11.4 Å². The molecule has 1 amide bonds. The maximum absolute atomic E-state index is 12.5. The summed E-state index contributed by atoms with van der Waals surface area (Å²) in [5.74, 6) is 1.16. The monoisotopic (exact) mass is 312 g/mol. The lowest BCUT2D eigenvalue weighted by Gasteiger charge is -2.32. The van der Waals surface area contributed by atoms with Gasteiger partial charge >= 0.3 is 0 Å². The third kappa shape index (κ3) is 2.83. The highest BCUT2D eigenvalue weighted by atomic mass is 16.2. The fraction of sp³-hybridized carbons (Fsp3) is 0.562. The number of amides is 1. The van der Waals surface area contributed by atoms with Crippen molar-refractivity contribution in [3.05, 3.63) is 24.5 Å². The Morgan fingerprint density at radius 3 is 2.91 bits per heavy atom. The van der Waals surface area contributed by atoms with Gasteiger partial charge in [-0.15, -0.1) is 10.2 Å². The van der Waals surface area contributed by atoms with Gasteiger partial charge < -0.3 is 4.90 Å². The van der Waals surface area contributed by atoms with Crippen LogP contribution in [-0.4, -0.2) is 48.6 Å². The van der Waals surface area contributed by atoms with Gasteiger partial charge in [-0.1, -0.05) is 6.42 Å². The molecular weight excluding hydrogens is 292 g/mol. The van der Waals surface area contributed by atoms with Crippen molar-refractivity contribution in [1.82, 2.24) is 30.1 Å². The molecule has 2 fully saturated rings. The molecule has 0 N–H and O–H groups in total. The number of carbonyl (C=O) groups excluding carboxylic acids is 1. The second-order valence-corrected chi connectivity index (χ2v) is 6.37. The molecular formula is C16H20N6O. The topological polar surface area (TPSA) is 76.8 Å². The summed E-state index contributed by atoms with van der Waals surface area (Å²) in [5.41, 5.74) is 0.854. The molecule has 0 aromatic carbocycles. The summed E-state index contributed by atoms with van der Waals surface area (Å²) >= 11 is 0. The zero-order valence-electron chi connectivity index (χ0n) is 13.0. The van der Waals surface area contributed by atoms with Crippen LogP contribution < -0.4 is 0 Å². The number of aromatic nitrogens is 5. The molecule has 3 heterocycles. The minimum Gasteiger partial charge on any atom is -0.338 e. The number of likely N-dealkylation sites (tertiary alicyclic amines) is 1. The average molecular weight is 312 g/mol. The Bertz CT molecular complexity index is 681. The molecule has 1 atom stereocenters. The van der Waals surface area contributed by atoms with E-state index < -0.39 is 0 Å². The second-order valence-electron chi connectivity index (χ2n) is 6.37. The molecule has 0 bridgehead atoms. The zero-order valence-corrected chi connectivity index (χ0v) is 13.0. The molecule has 1 aliphatic carbocycles. The van der Waals surface area contributed by atoms with Crippen molar-refractivity contribution in [1.29, 1.82) is 0 Å². The van der Waals surface area contributed by atoms with E-state index in [1.54, 1.807) is 17.2 Å². The van der Waals surface area contributed by atoms with E-state index >= 15 is 0 Å². The van der Waals surface area contributed by atoms with Crippen LogP contribution in [0.25, 0.3) is 11.4 Å². The predicted molar refractivity (Wildman–Crippen MR) is 83.1 cm³/mol. The highest BCUT2D eigenvalue weighted by molar-refractivity contribution is 5.80. The first-order valence-electron chi connectivity index (χ1n) is 8.30. The fourth-order valence-electron chi connectivity index (χ4n) is 3.33. The van der Waals surface area contributed by atoms with Crippen LogP contribution in [0.5, 0.6) is 0 Å². The molecule has 120 valence electrons. The summed E-state index contributed by atoms with van der Waals surface area (Å²) in [6.07, 6.45) is 8.81. The molecule has 1 saturated carbocycles. The van der Waals surface area contributed by atoms with Crippen LogP contribution in [0.15, 0.2) is 24.5 Å². The summed E-state index contributed by atoms with van der Waals surface area (Å²) in [6.45, 7) is 1.48. The third-order valence-corrected chi connectivity index (χ3v) is 4.86. The zero-order chi connectivity index (χ0) is 15.6. The Balaban J connectivity index is 1.45. The largest absolute Gasteiger partial charge is 0.338 e. The van der Waals surface area contributed by atoms with E-state index in [9.17, 15) is 4.79 Å². The van der Waals surface area contributed by atoms with Gasteiger partial charge in [0.15, 0.2) is 0 Å². The molecule has 2 aromatic rings. The van der Waals surface area contributed by atoms with Gasteiger partial charge in [-0.05, 0) is 43.0 Å². The van der Waals surface area contributed by atoms with E-state index in [-0.39, 0.29) is 12.0 Å². The molecule has 7 heteroatoms. The molecule has 0 radical (unpaired) electrons. The summed E-state index contributed by atoms with van der Waals surface area (Å²) < 4.78 is 0. The second kappa shape index (κ2) is 6.06. The molecule has 2 aliphatic rings. The lowest BCUT2D eigenvalue weighted by Crippen LogP contribution is -2.43. The van der Waals surface area contributed by atoms with E-state index in [0.29, 0.717) is 18.3 Å². The summed E-state index contributed by atoms with van der Waals surface area (Å²) in [5, 5.41) is 12.7. The van der Waals surface area contributed by atoms with Crippen LogP contribution >= 0.6 is 0 Å². The van der Waals surface area contributed by atoms with Gasteiger partial charge in [0, 0.05) is 30.4 Å². The SMILES string of the molecule is O=C(C1CCC1)N1CCC[C@@H]1Cn1nnc(-c2cccnc2)n1. The van der Waals surface area contributed by atoms with Gasteiger partial charge in [0.05, 0.1) is 12.6 Å². The first-order valence-corrected chi connectivity index (χ1v) is 8.30. The van der Waals surface area contributed by atoms with Crippen LogP contribution in [0.2, 0.25) is 0 Å². The van der Waals surface area contributed by atoms with E-state index in [1.165, 1.54) is 6.42 Å². The Hall–Kier alpha value is -2.31. The quantitative estimate of drug-likeness (QED) is 0.855. The van der Waals surface area contributed by atoms with Gasteiger partial charge in [0.1, 0.15) is 0 Å². The highest BCUT2D eigenvalue weighted by Crippen LogP contribution is 2.31. The smallest absolute Gasteiger partial charge is 0.225 e. The van der Waals surface area contributed by atoms with Crippen molar-refractivity contribution >= 4 is 5.91 Å². The van der Waals surface area contributed by atoms with Crippen LogP contribution in [0.4, 0.5) is 0 Å². The minimum atomic E-state index is 0.194. The predicted octanol–water partition coefficient (Wildman–Crippen LogP) is 1.53. The first-order chi connectivity index (χ1) is 11.3. The molecule has 0 spiro atoms. The minimum absolute atomic E-state index is 0.194. The summed E-state index contributed by atoms with van der Waals surface area (Å²) in [6, 6.07) is 3.96. The maximum Gasteiger partial charge on any atom is 0.225 e. The Kier molecular flexibility index (Phi) is 3.77. The number of carbonyl (C=O) groups is 1. The summed E-state index contributed by atoms with van der Waals surface area (Å²) in [4.78, 5) is 20.2. The molecule has 23 heavy (non-hydrogen) atoms. The highest BCUT2D eigenvalue weighted by Gasteiger charge is 2.35. The number of hydrogen-bond donors (Lipinski definition) is 0. The number of nitrogens with zero attached hydrogens (tertiary/aromatic N) is 6. The van der Waals surface area contributed by atoms with E-state index in [1.807, 2.05) is 17.0 Å². The van der Waals surface area contributed by atoms with Gasteiger partial charge in [-0.2, -0.15) is 4.80 Å². The van der Waals surface area contributed by atoms with Gasteiger partial charge in [0.25, 0.3) is 0 Å². The van der Waals surface area contributed by atoms with Crippen molar-refractivity contribution in [2.24, 2.45) is 5.92 Å². The van der Waals surface area contributed by atoms with Gasteiger partial charge in [-0.3, -0.25) is 9.78 Å². The number of pyridine rings is 1. The molecule has 7 nitrogen and oxygen atoms in total. The molecule has 1 aliphatic heterocycles. The van der Waals surface area contributed by atoms with E-state index in [0.717, 1.165) is 37.8 Å². The lowest BCUT2D eigenvalue weighted by molar-refractivity contribution is -0.139. The first kappa shape index (κ1) is 14.3. The van der Waals surface area contributed by atoms with Crippen LogP contribution in [-0.2, 0) is 11.3 Å². The maximum atomic E-state index is 12.5. The lowest BCUT2D eigenvalue weighted by atomic mass is 9.84. The van der Waals surface area contributed by atoms with Gasteiger partial charge in [0.2, 0.25) is 11.7 Å². The van der Waals surface area contributed by atoms with Crippen LogP contribution in [0, 0.1) is 5.92 Å². The fourth-order valence-corrected chi connectivity index (χ4v) is 3.33. The number of rotatable bonds is 4. The Labute approximate surface area is 134 Å². The van der Waals surface area contributed by atoms with Crippen molar-refractivity contribution in [2.45, 2.75) is 44.7 Å². The van der Waals surface area contributed by atoms with E-state index in [2.05, 4.69) is 20.4 Å². The van der Waals surface area contributed by atoms with E-state index in [4.69, 9.17) is 0 Å².